The summed E-state index contributed by atoms with van der Waals surface area (Å²) in [4.78, 5) is 29.2. The van der Waals surface area contributed by atoms with Crippen LogP contribution in [0.15, 0.2) is 36.4 Å². The highest BCUT2D eigenvalue weighted by Gasteiger charge is 2.44. The number of benzene rings is 1. The molecule has 0 unspecified atom stereocenters. The number of nitrogens with zero attached hydrogens (tertiary/aromatic N) is 2. The van der Waals surface area contributed by atoms with E-state index in [0.29, 0.717) is 55.9 Å². The van der Waals surface area contributed by atoms with E-state index in [4.69, 9.17) is 9.47 Å². The molecular weight excluding hydrogens is 408 g/mol. The predicted molar refractivity (Wildman–Crippen MR) is 118 cm³/mol. The lowest BCUT2D eigenvalue weighted by Crippen LogP contribution is -2.42. The lowest BCUT2D eigenvalue weighted by Gasteiger charge is -2.35. The smallest absolute Gasteiger partial charge is 0.254 e. The van der Waals surface area contributed by atoms with Crippen LogP contribution >= 0.6 is 0 Å². The molecule has 2 aliphatic heterocycles. The fourth-order valence-electron chi connectivity index (χ4n) is 5.57. The van der Waals surface area contributed by atoms with Crippen LogP contribution < -0.4 is 4.74 Å². The first-order valence-electron chi connectivity index (χ1n) is 11.8. The number of aliphatic hydroxyl groups is 1. The third-order valence-corrected chi connectivity index (χ3v) is 7.44. The summed E-state index contributed by atoms with van der Waals surface area (Å²) in [6.45, 7) is 3.90. The number of rotatable bonds is 4. The van der Waals surface area contributed by atoms with Gasteiger partial charge in [0.1, 0.15) is 11.9 Å². The molecule has 3 fully saturated rings. The Kier molecular flexibility index (Phi) is 6.20. The zero-order valence-electron chi connectivity index (χ0n) is 18.4. The van der Waals surface area contributed by atoms with Crippen LogP contribution in [0.5, 0.6) is 5.75 Å². The van der Waals surface area contributed by atoms with Gasteiger partial charge in [0, 0.05) is 37.7 Å². The van der Waals surface area contributed by atoms with Gasteiger partial charge in [-0.2, -0.15) is 0 Å². The Hall–Kier alpha value is -2.38. The van der Waals surface area contributed by atoms with E-state index in [-0.39, 0.29) is 23.8 Å². The molecule has 1 aromatic rings. The summed E-state index contributed by atoms with van der Waals surface area (Å²) in [5, 5.41) is 10.7. The number of carbonyl (C=O) groups excluding carboxylic acids is 2. The minimum atomic E-state index is -0.547. The van der Waals surface area contributed by atoms with Crippen molar-refractivity contribution >= 4 is 11.8 Å². The van der Waals surface area contributed by atoms with Crippen LogP contribution in [0, 0.1) is 17.8 Å². The first kappa shape index (κ1) is 21.5. The molecule has 1 saturated carbocycles. The number of fused-ring (bicyclic) bond motifs is 1. The molecule has 0 radical (unpaired) electrons. The molecule has 2 heterocycles. The van der Waals surface area contributed by atoms with Crippen LogP contribution in [-0.4, -0.2) is 78.3 Å². The molecule has 2 amide bonds. The van der Waals surface area contributed by atoms with E-state index in [9.17, 15) is 14.7 Å². The van der Waals surface area contributed by atoms with Gasteiger partial charge in [-0.3, -0.25) is 9.59 Å². The van der Waals surface area contributed by atoms with Gasteiger partial charge in [0.05, 0.1) is 19.3 Å². The zero-order valence-corrected chi connectivity index (χ0v) is 18.4. The Labute approximate surface area is 189 Å². The van der Waals surface area contributed by atoms with Crippen molar-refractivity contribution in [2.45, 2.75) is 37.9 Å². The second-order valence-corrected chi connectivity index (χ2v) is 9.53. The summed E-state index contributed by atoms with van der Waals surface area (Å²) in [6, 6.07) is 7.20. The van der Waals surface area contributed by atoms with Gasteiger partial charge < -0.3 is 24.4 Å². The van der Waals surface area contributed by atoms with Crippen molar-refractivity contribution in [2.75, 3.05) is 39.4 Å². The van der Waals surface area contributed by atoms with E-state index < -0.39 is 6.10 Å². The van der Waals surface area contributed by atoms with E-state index in [0.717, 1.165) is 32.4 Å². The minimum absolute atomic E-state index is 0.00793. The molecule has 7 heteroatoms. The van der Waals surface area contributed by atoms with Crippen molar-refractivity contribution in [3.05, 3.63) is 42.0 Å². The van der Waals surface area contributed by atoms with Crippen molar-refractivity contribution in [3.63, 3.8) is 0 Å². The highest BCUT2D eigenvalue weighted by molar-refractivity contribution is 5.94. The van der Waals surface area contributed by atoms with Crippen LogP contribution in [0.25, 0.3) is 0 Å². The highest BCUT2D eigenvalue weighted by atomic mass is 16.5. The molecule has 4 aliphatic rings. The quantitative estimate of drug-likeness (QED) is 0.726. The van der Waals surface area contributed by atoms with Crippen LogP contribution in [0.4, 0.5) is 0 Å². The number of allylic oxidation sites excluding steroid dienone is 2. The molecule has 32 heavy (non-hydrogen) atoms. The van der Waals surface area contributed by atoms with Crippen molar-refractivity contribution in [2.24, 2.45) is 17.8 Å². The Balaban J connectivity index is 1.17. The molecule has 172 valence electrons. The monoisotopic (exact) mass is 440 g/mol. The second-order valence-electron chi connectivity index (χ2n) is 9.53. The lowest BCUT2D eigenvalue weighted by atomic mass is 9.78. The molecule has 4 atom stereocenters. The second kappa shape index (κ2) is 9.24. The molecule has 1 N–H and O–H groups in total. The first-order chi connectivity index (χ1) is 15.6. The zero-order chi connectivity index (χ0) is 22.1. The van der Waals surface area contributed by atoms with Gasteiger partial charge in [0.15, 0.2) is 0 Å². The number of ether oxygens (including phenoxy) is 2. The topological polar surface area (TPSA) is 79.3 Å². The minimum Gasteiger partial charge on any atom is -0.488 e. The predicted octanol–water partition coefficient (Wildman–Crippen LogP) is 2.10. The standard InChI is InChI=1S/C25H32N2O5/c28-22-13-19-15-27(25(30)17-3-1-2-4-17)16-20(19)14-23(22)32-21-7-5-18(6-8-21)24(29)26-9-11-31-12-10-26/h1-2,5-8,17,19-20,22-23,28H,3-4,9-16H2/t19-,20+,22+,23+/m0/s1. The van der Waals surface area contributed by atoms with Gasteiger partial charge in [0.2, 0.25) is 5.91 Å². The first-order valence-corrected chi connectivity index (χ1v) is 11.8. The number of morpholine rings is 1. The average Bonchev–Trinajstić information content (AvgIpc) is 3.50. The van der Waals surface area contributed by atoms with Gasteiger partial charge in [-0.15, -0.1) is 0 Å². The molecular formula is C25H32N2O5. The fraction of sp³-hybridized carbons (Fsp3) is 0.600. The van der Waals surface area contributed by atoms with Gasteiger partial charge in [-0.1, -0.05) is 12.2 Å². The average molecular weight is 441 g/mol. The number of likely N-dealkylation sites (tertiary alicyclic amines) is 1. The molecule has 0 aromatic heterocycles. The van der Waals surface area contributed by atoms with Crippen LogP contribution in [0.1, 0.15) is 36.0 Å². The number of aliphatic hydroxyl groups excluding tert-OH is 1. The number of amides is 2. The maximum absolute atomic E-state index is 12.8. The summed E-state index contributed by atoms with van der Waals surface area (Å²) in [7, 11) is 0. The lowest BCUT2D eigenvalue weighted by molar-refractivity contribution is -0.134. The number of hydrogen-bond donors (Lipinski definition) is 1. The molecule has 2 saturated heterocycles. The Morgan fingerprint density at radius 3 is 2.28 bits per heavy atom. The molecule has 2 aliphatic carbocycles. The molecule has 0 bridgehead atoms. The van der Waals surface area contributed by atoms with E-state index in [1.54, 1.807) is 17.0 Å². The summed E-state index contributed by atoms with van der Waals surface area (Å²) >= 11 is 0. The Morgan fingerprint density at radius 1 is 0.938 bits per heavy atom. The van der Waals surface area contributed by atoms with Crippen LogP contribution in [0.2, 0.25) is 0 Å². The summed E-state index contributed by atoms with van der Waals surface area (Å²) in [5.74, 6) is 1.74. The van der Waals surface area contributed by atoms with Gasteiger partial charge in [-0.25, -0.2) is 0 Å². The van der Waals surface area contributed by atoms with Gasteiger partial charge in [0.25, 0.3) is 5.91 Å². The van der Waals surface area contributed by atoms with E-state index >= 15 is 0 Å². The maximum atomic E-state index is 12.8. The SMILES string of the molecule is O=C(c1ccc(O[C@@H]2C[C@@H]3CN(C(=O)C4CC=CC4)C[C@@H]3C[C@H]2O)cc1)N1CCOCC1. The molecule has 7 nitrogen and oxygen atoms in total. The maximum Gasteiger partial charge on any atom is 0.254 e. The van der Waals surface area contributed by atoms with Crippen molar-refractivity contribution in [3.8, 4) is 5.75 Å². The number of hydrogen-bond acceptors (Lipinski definition) is 5. The highest BCUT2D eigenvalue weighted by Crippen LogP contribution is 2.39. The largest absolute Gasteiger partial charge is 0.488 e. The van der Waals surface area contributed by atoms with Crippen LogP contribution in [-0.2, 0) is 9.53 Å². The van der Waals surface area contributed by atoms with Gasteiger partial charge in [-0.05, 0) is 61.8 Å². The molecule has 1 aromatic carbocycles. The summed E-state index contributed by atoms with van der Waals surface area (Å²) in [6.07, 6.45) is 6.46. The Morgan fingerprint density at radius 2 is 1.59 bits per heavy atom. The van der Waals surface area contributed by atoms with Crippen molar-refractivity contribution in [1.29, 1.82) is 0 Å². The molecule has 5 rings (SSSR count). The fourth-order valence-corrected chi connectivity index (χ4v) is 5.57. The Bertz CT molecular complexity index is 856. The van der Waals surface area contributed by atoms with E-state index in [1.807, 2.05) is 17.0 Å². The van der Waals surface area contributed by atoms with Crippen molar-refractivity contribution in [1.82, 2.24) is 9.80 Å². The summed E-state index contributed by atoms with van der Waals surface area (Å²) in [5.41, 5.74) is 0.634. The third-order valence-electron chi connectivity index (χ3n) is 7.44. The van der Waals surface area contributed by atoms with Gasteiger partial charge >= 0.3 is 0 Å². The number of carbonyl (C=O) groups is 2. The normalized spacial score (nSPS) is 30.4. The summed E-state index contributed by atoms with van der Waals surface area (Å²) < 4.78 is 11.5. The van der Waals surface area contributed by atoms with Crippen molar-refractivity contribution < 1.29 is 24.2 Å². The van der Waals surface area contributed by atoms with E-state index in [2.05, 4.69) is 12.2 Å². The molecule has 0 spiro atoms. The third kappa shape index (κ3) is 4.41. The van der Waals surface area contributed by atoms with E-state index in [1.165, 1.54) is 0 Å². The van der Waals surface area contributed by atoms with Crippen LogP contribution in [0.3, 0.4) is 0 Å².